The Kier molecular flexibility index (Phi) is 3.74. The molecule has 0 spiro atoms. The van der Waals surface area contributed by atoms with Gasteiger partial charge in [0.2, 0.25) is 0 Å². The van der Waals surface area contributed by atoms with Gasteiger partial charge in [0.25, 0.3) is 0 Å². The molecule has 0 aliphatic carbocycles. The highest BCUT2D eigenvalue weighted by Crippen LogP contribution is 2.37. The highest BCUT2D eigenvalue weighted by Gasteiger charge is 2.12. The van der Waals surface area contributed by atoms with Crippen LogP contribution in [0, 0.1) is 5.82 Å². The van der Waals surface area contributed by atoms with E-state index in [9.17, 15) is 4.39 Å². The Balaban J connectivity index is 1.98. The number of fused-ring (bicyclic) bond motifs is 1. The van der Waals surface area contributed by atoms with Gasteiger partial charge in [-0.1, -0.05) is 23.9 Å². The number of halogens is 1. The van der Waals surface area contributed by atoms with Gasteiger partial charge in [0.05, 0.1) is 10.2 Å². The summed E-state index contributed by atoms with van der Waals surface area (Å²) < 4.78 is 15.4. The number of hydrogen-bond acceptors (Lipinski definition) is 4. The first-order valence-corrected chi connectivity index (χ1v) is 7.85. The van der Waals surface area contributed by atoms with Crippen LogP contribution in [0.4, 0.5) is 4.39 Å². The summed E-state index contributed by atoms with van der Waals surface area (Å²) in [5, 5.41) is 0. The first-order valence-electron chi connectivity index (χ1n) is 6.22. The highest BCUT2D eigenvalue weighted by molar-refractivity contribution is 8.01. The third-order valence-electron chi connectivity index (χ3n) is 2.93. The van der Waals surface area contributed by atoms with E-state index in [0.717, 1.165) is 25.0 Å². The van der Waals surface area contributed by atoms with Gasteiger partial charge in [-0.2, -0.15) is 0 Å². The van der Waals surface area contributed by atoms with E-state index in [1.54, 1.807) is 17.4 Å². The van der Waals surface area contributed by atoms with Crippen LogP contribution in [-0.2, 0) is 0 Å². The van der Waals surface area contributed by atoms with Crippen molar-refractivity contribution in [3.8, 4) is 0 Å². The van der Waals surface area contributed by atoms with Crippen molar-refractivity contribution in [1.82, 2.24) is 4.98 Å². The van der Waals surface area contributed by atoms with Crippen molar-refractivity contribution in [1.29, 1.82) is 0 Å². The molecule has 0 bridgehead atoms. The number of nitrogens with two attached hydrogens (primary N) is 1. The average molecular weight is 304 g/mol. The maximum Gasteiger partial charge on any atom is 0.155 e. The van der Waals surface area contributed by atoms with E-state index in [4.69, 9.17) is 5.73 Å². The number of para-hydroxylation sites is 1. The molecule has 1 aromatic heterocycles. The lowest BCUT2D eigenvalue weighted by Crippen LogP contribution is -2.06. The van der Waals surface area contributed by atoms with Gasteiger partial charge in [0.15, 0.2) is 4.34 Å². The Morgan fingerprint density at radius 2 is 2.05 bits per heavy atom. The summed E-state index contributed by atoms with van der Waals surface area (Å²) in [5.41, 5.74) is 7.72. The number of hydrogen-bond donors (Lipinski definition) is 1. The van der Waals surface area contributed by atoms with E-state index >= 15 is 0 Å². The van der Waals surface area contributed by atoms with Gasteiger partial charge in [0, 0.05) is 10.9 Å². The van der Waals surface area contributed by atoms with Crippen LogP contribution in [0.25, 0.3) is 10.2 Å². The van der Waals surface area contributed by atoms with Crippen LogP contribution in [-0.4, -0.2) is 4.98 Å². The van der Waals surface area contributed by atoms with E-state index in [0.29, 0.717) is 0 Å². The molecule has 2 aromatic carbocycles. The second-order valence-electron chi connectivity index (χ2n) is 4.52. The largest absolute Gasteiger partial charge is 0.324 e. The summed E-state index contributed by atoms with van der Waals surface area (Å²) in [6.07, 6.45) is 0. The molecule has 0 aliphatic heterocycles. The number of benzene rings is 2. The molecule has 0 saturated heterocycles. The van der Waals surface area contributed by atoms with Crippen molar-refractivity contribution in [2.75, 3.05) is 0 Å². The maximum absolute atomic E-state index is 13.3. The molecule has 0 saturated carbocycles. The van der Waals surface area contributed by atoms with Crippen molar-refractivity contribution in [3.05, 3.63) is 53.8 Å². The summed E-state index contributed by atoms with van der Waals surface area (Å²) in [6.45, 7) is 1.86. The molecule has 1 atom stereocenters. The minimum atomic E-state index is -0.258. The molecule has 3 aromatic rings. The van der Waals surface area contributed by atoms with Gasteiger partial charge in [0.1, 0.15) is 5.82 Å². The van der Waals surface area contributed by atoms with Crippen LogP contribution in [0.1, 0.15) is 18.5 Å². The molecular formula is C15H13FN2S2. The van der Waals surface area contributed by atoms with Crippen molar-refractivity contribution in [3.63, 3.8) is 0 Å². The Hall–Kier alpha value is -1.43. The van der Waals surface area contributed by atoms with Crippen LogP contribution in [0.5, 0.6) is 0 Å². The average Bonchev–Trinajstić information content (AvgIpc) is 2.82. The minimum absolute atomic E-state index is 0.206. The van der Waals surface area contributed by atoms with E-state index < -0.39 is 0 Å². The molecule has 0 radical (unpaired) electrons. The fourth-order valence-electron chi connectivity index (χ4n) is 1.96. The molecule has 0 unspecified atom stereocenters. The first-order chi connectivity index (χ1) is 9.63. The van der Waals surface area contributed by atoms with Gasteiger partial charge in [-0.25, -0.2) is 9.37 Å². The summed E-state index contributed by atoms with van der Waals surface area (Å²) >= 11 is 3.17. The SMILES string of the molecule is C[C@@H](N)c1cc(F)ccc1Sc1nc2ccccc2s1. The molecule has 0 aliphatic rings. The summed E-state index contributed by atoms with van der Waals surface area (Å²) in [6, 6.07) is 12.5. The van der Waals surface area contributed by atoms with Gasteiger partial charge in [-0.05, 0) is 42.8 Å². The molecule has 0 fully saturated rings. The number of rotatable bonds is 3. The molecule has 0 amide bonds. The van der Waals surface area contributed by atoms with Crippen LogP contribution in [0.2, 0.25) is 0 Å². The third kappa shape index (κ3) is 2.70. The third-order valence-corrected chi connectivity index (χ3v) is 5.12. The van der Waals surface area contributed by atoms with Crippen molar-refractivity contribution in [2.45, 2.75) is 22.2 Å². The molecule has 1 heterocycles. The monoisotopic (exact) mass is 304 g/mol. The van der Waals surface area contributed by atoms with Crippen molar-refractivity contribution >= 4 is 33.3 Å². The molecular weight excluding hydrogens is 291 g/mol. The van der Waals surface area contributed by atoms with Crippen LogP contribution >= 0.6 is 23.1 Å². The standard InChI is InChI=1S/C15H13FN2S2/c1-9(17)11-8-10(16)6-7-13(11)19-15-18-12-4-2-3-5-14(12)20-15/h2-9H,17H2,1H3/t9-/m1/s1. The molecule has 3 rings (SSSR count). The number of aromatic nitrogens is 1. The van der Waals surface area contributed by atoms with E-state index in [-0.39, 0.29) is 11.9 Å². The molecule has 102 valence electrons. The zero-order valence-corrected chi connectivity index (χ0v) is 12.5. The van der Waals surface area contributed by atoms with Crippen molar-refractivity contribution in [2.24, 2.45) is 5.73 Å². The van der Waals surface area contributed by atoms with Crippen molar-refractivity contribution < 1.29 is 4.39 Å². The van der Waals surface area contributed by atoms with Gasteiger partial charge in [-0.3, -0.25) is 0 Å². The summed E-state index contributed by atoms with van der Waals surface area (Å²) in [5.74, 6) is -0.258. The zero-order valence-electron chi connectivity index (χ0n) is 10.8. The number of thiazole rings is 1. The topological polar surface area (TPSA) is 38.9 Å². The predicted molar refractivity (Wildman–Crippen MR) is 82.7 cm³/mol. The lowest BCUT2D eigenvalue weighted by Gasteiger charge is -2.11. The van der Waals surface area contributed by atoms with E-state index in [2.05, 4.69) is 4.98 Å². The quantitative estimate of drug-likeness (QED) is 0.768. The van der Waals surface area contributed by atoms with Crippen LogP contribution in [0.3, 0.4) is 0 Å². The van der Waals surface area contributed by atoms with Crippen LogP contribution in [0.15, 0.2) is 51.7 Å². The Morgan fingerprint density at radius 1 is 1.25 bits per heavy atom. The molecule has 2 N–H and O–H groups in total. The minimum Gasteiger partial charge on any atom is -0.324 e. The molecule has 2 nitrogen and oxygen atoms in total. The lowest BCUT2D eigenvalue weighted by atomic mass is 10.1. The fraction of sp³-hybridized carbons (Fsp3) is 0.133. The summed E-state index contributed by atoms with van der Waals surface area (Å²) in [4.78, 5) is 5.54. The van der Waals surface area contributed by atoms with Gasteiger partial charge >= 0.3 is 0 Å². The van der Waals surface area contributed by atoms with Crippen LogP contribution < -0.4 is 5.73 Å². The highest BCUT2D eigenvalue weighted by atomic mass is 32.2. The molecule has 20 heavy (non-hydrogen) atoms. The van der Waals surface area contributed by atoms with Gasteiger partial charge < -0.3 is 5.73 Å². The normalized spacial score (nSPS) is 12.8. The second-order valence-corrected chi connectivity index (χ2v) is 6.84. The lowest BCUT2D eigenvalue weighted by molar-refractivity contribution is 0.619. The Bertz CT molecular complexity index is 719. The predicted octanol–water partition coefficient (Wildman–Crippen LogP) is 4.61. The number of nitrogens with zero attached hydrogens (tertiary/aromatic N) is 1. The van der Waals surface area contributed by atoms with E-state index in [1.807, 2.05) is 31.2 Å². The Labute approximate surface area is 124 Å². The van der Waals surface area contributed by atoms with E-state index in [1.165, 1.54) is 23.9 Å². The summed E-state index contributed by atoms with van der Waals surface area (Å²) in [7, 11) is 0. The first kappa shape index (κ1) is 13.5. The second kappa shape index (κ2) is 5.52. The van der Waals surface area contributed by atoms with Gasteiger partial charge in [-0.15, -0.1) is 11.3 Å². The smallest absolute Gasteiger partial charge is 0.155 e. The molecule has 5 heteroatoms. The fourth-order valence-corrected chi connectivity index (χ4v) is 4.19. The maximum atomic E-state index is 13.3. The zero-order chi connectivity index (χ0) is 14.1. The Morgan fingerprint density at radius 3 is 2.80 bits per heavy atom.